The van der Waals surface area contributed by atoms with Crippen molar-refractivity contribution in [3.05, 3.63) is 59.2 Å². The molecular formula is C21H24N2O3S. The molecule has 0 unspecified atom stereocenters. The number of amides is 1. The molecule has 1 aliphatic heterocycles. The summed E-state index contributed by atoms with van der Waals surface area (Å²) in [6.45, 7) is 1.84. The van der Waals surface area contributed by atoms with Crippen LogP contribution in [0.3, 0.4) is 0 Å². The van der Waals surface area contributed by atoms with Crippen molar-refractivity contribution in [3.63, 3.8) is 0 Å². The summed E-state index contributed by atoms with van der Waals surface area (Å²) in [5.41, 5.74) is 9.20. The lowest BCUT2D eigenvalue weighted by atomic mass is 9.87. The van der Waals surface area contributed by atoms with Gasteiger partial charge in [-0.2, -0.15) is 0 Å². The van der Waals surface area contributed by atoms with Crippen LogP contribution in [-0.2, 0) is 27.7 Å². The first-order valence-electron chi connectivity index (χ1n) is 9.44. The largest absolute Gasteiger partial charge is 0.369 e. The molecule has 6 heteroatoms. The SMILES string of the molecule is C[C@@H]1C[C@@H](C(N)=O)c2ccccc2N1S(=O)(=O)c1ccc2c(c1)CCCC2. The molecule has 0 bridgehead atoms. The van der Waals surface area contributed by atoms with Crippen molar-refractivity contribution in [2.24, 2.45) is 5.73 Å². The molecule has 1 aliphatic carbocycles. The van der Waals surface area contributed by atoms with Gasteiger partial charge in [0.2, 0.25) is 5.91 Å². The lowest BCUT2D eigenvalue weighted by molar-refractivity contribution is -0.119. The van der Waals surface area contributed by atoms with Gasteiger partial charge in [0.25, 0.3) is 10.0 Å². The van der Waals surface area contributed by atoms with E-state index >= 15 is 0 Å². The van der Waals surface area contributed by atoms with E-state index in [1.54, 1.807) is 24.3 Å². The molecule has 0 saturated heterocycles. The maximum absolute atomic E-state index is 13.5. The molecule has 5 nitrogen and oxygen atoms in total. The molecule has 27 heavy (non-hydrogen) atoms. The van der Waals surface area contributed by atoms with Gasteiger partial charge in [0.05, 0.1) is 16.5 Å². The number of carbonyl (C=O) groups excluding carboxylic acids is 1. The third kappa shape index (κ3) is 3.02. The molecule has 0 saturated carbocycles. The fourth-order valence-electron chi connectivity index (χ4n) is 4.40. The molecule has 0 aromatic heterocycles. The number of carbonyl (C=O) groups is 1. The smallest absolute Gasteiger partial charge is 0.264 e. The molecule has 0 spiro atoms. The topological polar surface area (TPSA) is 80.5 Å². The number of fused-ring (bicyclic) bond motifs is 2. The Morgan fingerprint density at radius 2 is 1.78 bits per heavy atom. The maximum atomic E-state index is 13.5. The van der Waals surface area contributed by atoms with Crippen LogP contribution >= 0.6 is 0 Å². The van der Waals surface area contributed by atoms with E-state index in [1.165, 1.54) is 9.87 Å². The average molecular weight is 385 g/mol. The van der Waals surface area contributed by atoms with E-state index in [1.807, 2.05) is 25.1 Å². The first-order chi connectivity index (χ1) is 12.9. The highest BCUT2D eigenvalue weighted by atomic mass is 32.2. The zero-order valence-corrected chi connectivity index (χ0v) is 16.2. The van der Waals surface area contributed by atoms with E-state index in [2.05, 4.69) is 0 Å². The van der Waals surface area contributed by atoms with Crippen molar-refractivity contribution >= 4 is 21.6 Å². The van der Waals surface area contributed by atoms with Crippen molar-refractivity contribution < 1.29 is 13.2 Å². The Balaban J connectivity index is 1.81. The van der Waals surface area contributed by atoms with Crippen molar-refractivity contribution in [1.29, 1.82) is 0 Å². The van der Waals surface area contributed by atoms with Crippen molar-refractivity contribution in [2.75, 3.05) is 4.31 Å². The fourth-order valence-corrected chi connectivity index (χ4v) is 6.15. The zero-order chi connectivity index (χ0) is 19.2. The molecule has 1 heterocycles. The summed E-state index contributed by atoms with van der Waals surface area (Å²) in [4.78, 5) is 12.2. The fraction of sp³-hybridized carbons (Fsp3) is 0.381. The Bertz CT molecular complexity index is 1000. The minimum atomic E-state index is -3.73. The molecule has 1 amide bonds. The summed E-state index contributed by atoms with van der Waals surface area (Å²) >= 11 is 0. The summed E-state index contributed by atoms with van der Waals surface area (Å²) in [7, 11) is -3.73. The summed E-state index contributed by atoms with van der Waals surface area (Å²) in [6, 6.07) is 12.3. The maximum Gasteiger partial charge on any atom is 0.264 e. The van der Waals surface area contributed by atoms with Crippen LogP contribution in [0.4, 0.5) is 5.69 Å². The second-order valence-electron chi connectivity index (χ2n) is 7.54. The lowest BCUT2D eigenvalue weighted by Gasteiger charge is -2.39. The molecule has 2 atom stereocenters. The Labute approximate surface area is 160 Å². The van der Waals surface area contributed by atoms with E-state index in [-0.39, 0.29) is 6.04 Å². The third-order valence-corrected chi connectivity index (χ3v) is 7.67. The Hall–Kier alpha value is -2.34. The number of para-hydroxylation sites is 1. The van der Waals surface area contributed by atoms with Crippen LogP contribution in [-0.4, -0.2) is 20.4 Å². The van der Waals surface area contributed by atoms with E-state index in [4.69, 9.17) is 5.73 Å². The van der Waals surface area contributed by atoms with E-state index in [9.17, 15) is 13.2 Å². The predicted octanol–water partition coefficient (Wildman–Crippen LogP) is 3.12. The van der Waals surface area contributed by atoms with Gasteiger partial charge in [-0.05, 0) is 73.9 Å². The Kier molecular flexibility index (Phi) is 4.46. The van der Waals surface area contributed by atoms with Gasteiger partial charge in [-0.25, -0.2) is 8.42 Å². The van der Waals surface area contributed by atoms with Gasteiger partial charge in [0.15, 0.2) is 0 Å². The number of hydrogen-bond donors (Lipinski definition) is 1. The van der Waals surface area contributed by atoms with E-state index in [0.29, 0.717) is 22.6 Å². The van der Waals surface area contributed by atoms with Gasteiger partial charge in [-0.1, -0.05) is 24.3 Å². The highest BCUT2D eigenvalue weighted by Crippen LogP contribution is 2.41. The quantitative estimate of drug-likeness (QED) is 0.883. The lowest BCUT2D eigenvalue weighted by Crippen LogP contribution is -2.45. The minimum Gasteiger partial charge on any atom is -0.369 e. The summed E-state index contributed by atoms with van der Waals surface area (Å²) in [5.74, 6) is -0.883. The van der Waals surface area contributed by atoms with Gasteiger partial charge >= 0.3 is 0 Å². The first-order valence-corrected chi connectivity index (χ1v) is 10.9. The Morgan fingerprint density at radius 1 is 1.07 bits per heavy atom. The van der Waals surface area contributed by atoms with Gasteiger partial charge in [0.1, 0.15) is 0 Å². The highest BCUT2D eigenvalue weighted by Gasteiger charge is 2.39. The molecule has 4 rings (SSSR count). The summed E-state index contributed by atoms with van der Waals surface area (Å²) < 4.78 is 28.5. The summed E-state index contributed by atoms with van der Waals surface area (Å²) in [6.07, 6.45) is 4.58. The van der Waals surface area contributed by atoms with Crippen LogP contribution in [0, 0.1) is 0 Å². The van der Waals surface area contributed by atoms with Gasteiger partial charge < -0.3 is 5.73 Å². The number of primary amides is 1. The normalized spacial score (nSPS) is 22.0. The van der Waals surface area contributed by atoms with Gasteiger partial charge in [-0.3, -0.25) is 9.10 Å². The summed E-state index contributed by atoms with van der Waals surface area (Å²) in [5, 5.41) is 0. The van der Waals surface area contributed by atoms with Crippen molar-refractivity contribution in [2.45, 2.75) is 55.9 Å². The van der Waals surface area contributed by atoms with Crippen molar-refractivity contribution in [3.8, 4) is 0 Å². The van der Waals surface area contributed by atoms with E-state index < -0.39 is 21.8 Å². The molecular weight excluding hydrogens is 360 g/mol. The van der Waals surface area contributed by atoms with Crippen LogP contribution in [0.25, 0.3) is 0 Å². The number of benzene rings is 2. The standard InChI is InChI=1S/C21H24N2O3S/c1-14-12-19(21(22)24)18-8-4-5-9-20(18)23(14)27(25,26)17-11-10-15-6-2-3-7-16(15)13-17/h4-5,8-11,13-14,19H,2-3,6-7,12H2,1H3,(H2,22,24)/t14-,19-/m1/s1. The number of aryl methyl sites for hydroxylation is 2. The molecule has 0 radical (unpaired) electrons. The molecule has 142 valence electrons. The number of nitrogens with zero attached hydrogens (tertiary/aromatic N) is 1. The number of hydrogen-bond acceptors (Lipinski definition) is 3. The van der Waals surface area contributed by atoms with Crippen LogP contribution in [0.2, 0.25) is 0 Å². The number of nitrogens with two attached hydrogens (primary N) is 1. The Morgan fingerprint density at radius 3 is 2.52 bits per heavy atom. The van der Waals surface area contributed by atoms with Crippen LogP contribution in [0.5, 0.6) is 0 Å². The van der Waals surface area contributed by atoms with Crippen LogP contribution < -0.4 is 10.0 Å². The van der Waals surface area contributed by atoms with Gasteiger partial charge in [-0.15, -0.1) is 0 Å². The first kappa shape index (κ1) is 18.0. The van der Waals surface area contributed by atoms with E-state index in [0.717, 1.165) is 31.2 Å². The van der Waals surface area contributed by atoms with Gasteiger partial charge in [0, 0.05) is 6.04 Å². The molecule has 2 aliphatic rings. The van der Waals surface area contributed by atoms with Crippen molar-refractivity contribution in [1.82, 2.24) is 0 Å². The second-order valence-corrected chi connectivity index (χ2v) is 9.35. The molecule has 2 aromatic rings. The minimum absolute atomic E-state index is 0.322. The monoisotopic (exact) mass is 384 g/mol. The molecule has 0 fully saturated rings. The number of sulfonamides is 1. The molecule has 2 N–H and O–H groups in total. The van der Waals surface area contributed by atoms with Crippen LogP contribution in [0.15, 0.2) is 47.4 Å². The number of rotatable bonds is 3. The third-order valence-electron chi connectivity index (χ3n) is 5.75. The second kappa shape index (κ2) is 6.68. The highest BCUT2D eigenvalue weighted by molar-refractivity contribution is 7.92. The van der Waals surface area contributed by atoms with Crippen LogP contribution in [0.1, 0.15) is 48.8 Å². The number of anilines is 1. The average Bonchev–Trinajstić information content (AvgIpc) is 2.66. The molecule has 2 aromatic carbocycles. The predicted molar refractivity (Wildman–Crippen MR) is 105 cm³/mol. The zero-order valence-electron chi connectivity index (χ0n) is 15.4.